The molecule has 0 aliphatic rings. The van der Waals surface area contributed by atoms with E-state index < -0.39 is 24.4 Å². The van der Waals surface area contributed by atoms with E-state index in [-0.39, 0.29) is 10.9 Å². The average molecular weight is 483 g/mol. The van der Waals surface area contributed by atoms with Gasteiger partial charge < -0.3 is 0 Å². The molecule has 0 spiro atoms. The molecule has 0 aliphatic heterocycles. The van der Waals surface area contributed by atoms with Crippen molar-refractivity contribution in [3.05, 3.63) is 91.0 Å². The van der Waals surface area contributed by atoms with Gasteiger partial charge in [0.05, 0.1) is 10.9 Å². The Kier molecular flexibility index (Phi) is 8.28. The molecule has 0 aliphatic carbocycles. The highest BCUT2D eigenvalue weighted by atomic mass is 32.2. The van der Waals surface area contributed by atoms with Crippen molar-refractivity contribution in [2.24, 2.45) is 0 Å². The van der Waals surface area contributed by atoms with Crippen LogP contribution in [0.1, 0.15) is 0 Å². The maximum atomic E-state index is 11.6. The third-order valence-corrected chi connectivity index (χ3v) is 6.22. The first kappa shape index (κ1) is 25.6. The fourth-order valence-corrected chi connectivity index (χ4v) is 4.51. The summed E-state index contributed by atoms with van der Waals surface area (Å²) in [6, 6.07) is 32.2. The van der Waals surface area contributed by atoms with E-state index in [1.165, 1.54) is 14.7 Å². The van der Waals surface area contributed by atoms with Crippen LogP contribution >= 0.6 is 0 Å². The molecule has 0 amide bonds. The number of hydrogen-bond donors (Lipinski definition) is 0. The lowest BCUT2D eigenvalue weighted by atomic mass is 10.2. The standard InChI is InChI=1S/C18H15S.C4HF9/c1-4-10-16(11-5-1)19(17-12-6-2-7-13-17)18-14-8-3-9-15-18;5-1(6)2(7,8)3(9,10)4(11,12)13/h1-15H;1H/q+1;. The van der Waals surface area contributed by atoms with E-state index in [0.29, 0.717) is 0 Å². The monoisotopic (exact) mass is 483 g/mol. The summed E-state index contributed by atoms with van der Waals surface area (Å²) >= 11 is 0. The van der Waals surface area contributed by atoms with Crippen molar-refractivity contribution >= 4 is 10.9 Å². The third kappa shape index (κ3) is 5.79. The summed E-state index contributed by atoms with van der Waals surface area (Å²) in [5, 5.41) is 0. The number of halogens is 9. The summed E-state index contributed by atoms with van der Waals surface area (Å²) < 4.78 is 102. The van der Waals surface area contributed by atoms with Crippen LogP contribution in [0.3, 0.4) is 0 Å². The zero-order valence-corrected chi connectivity index (χ0v) is 16.9. The van der Waals surface area contributed by atoms with Crippen LogP contribution in [0.4, 0.5) is 39.5 Å². The first-order valence-electron chi connectivity index (χ1n) is 8.89. The molecule has 0 atom stereocenters. The summed E-state index contributed by atoms with van der Waals surface area (Å²) in [5.74, 6) is -13.1. The average Bonchev–Trinajstić information content (AvgIpc) is 2.76. The summed E-state index contributed by atoms with van der Waals surface area (Å²) in [7, 11) is -0.0146. The van der Waals surface area contributed by atoms with E-state index in [9.17, 15) is 39.5 Å². The summed E-state index contributed by atoms with van der Waals surface area (Å²) in [4.78, 5) is 4.08. The van der Waals surface area contributed by atoms with E-state index in [1.54, 1.807) is 0 Å². The van der Waals surface area contributed by atoms with E-state index in [1.807, 2.05) is 0 Å². The maximum Gasteiger partial charge on any atom is 0.460 e. The minimum atomic E-state index is -6.73. The van der Waals surface area contributed by atoms with E-state index in [2.05, 4.69) is 91.0 Å². The smallest absolute Gasteiger partial charge is 0.203 e. The molecule has 172 valence electrons. The van der Waals surface area contributed by atoms with Crippen LogP contribution in [0.15, 0.2) is 106 Å². The minimum Gasteiger partial charge on any atom is -0.203 e. The quantitative estimate of drug-likeness (QED) is 0.256. The van der Waals surface area contributed by atoms with Gasteiger partial charge in [0.1, 0.15) is 0 Å². The summed E-state index contributed by atoms with van der Waals surface area (Å²) in [5.41, 5.74) is 0. The van der Waals surface area contributed by atoms with Crippen LogP contribution in [0.2, 0.25) is 0 Å². The van der Waals surface area contributed by atoms with Crippen molar-refractivity contribution in [1.82, 2.24) is 0 Å². The largest absolute Gasteiger partial charge is 0.460 e. The predicted octanol–water partition coefficient (Wildman–Crippen LogP) is 7.87. The van der Waals surface area contributed by atoms with Crippen LogP contribution in [0, 0.1) is 0 Å². The number of hydrogen-bond acceptors (Lipinski definition) is 0. The Morgan fingerprint density at radius 3 is 0.969 bits per heavy atom. The van der Waals surface area contributed by atoms with Gasteiger partial charge in [-0.15, -0.1) is 0 Å². The van der Waals surface area contributed by atoms with Crippen molar-refractivity contribution in [2.45, 2.75) is 39.1 Å². The van der Waals surface area contributed by atoms with Gasteiger partial charge in [-0.05, 0) is 36.4 Å². The van der Waals surface area contributed by atoms with Gasteiger partial charge in [-0.25, -0.2) is 8.78 Å². The number of alkyl halides is 9. The predicted molar refractivity (Wildman–Crippen MR) is 103 cm³/mol. The lowest BCUT2D eigenvalue weighted by molar-refractivity contribution is -0.375. The van der Waals surface area contributed by atoms with E-state index in [4.69, 9.17) is 0 Å². The van der Waals surface area contributed by atoms with Crippen molar-refractivity contribution in [3.8, 4) is 0 Å². The van der Waals surface area contributed by atoms with Crippen LogP contribution in [0.5, 0.6) is 0 Å². The lowest BCUT2D eigenvalue weighted by Crippen LogP contribution is -2.55. The van der Waals surface area contributed by atoms with E-state index >= 15 is 0 Å². The molecule has 0 radical (unpaired) electrons. The Morgan fingerprint density at radius 2 is 0.781 bits per heavy atom. The molecule has 3 rings (SSSR count). The van der Waals surface area contributed by atoms with Crippen LogP contribution < -0.4 is 0 Å². The fourth-order valence-electron chi connectivity index (χ4n) is 2.40. The zero-order valence-electron chi connectivity index (χ0n) is 16.0. The van der Waals surface area contributed by atoms with Crippen molar-refractivity contribution in [2.75, 3.05) is 0 Å². The highest BCUT2D eigenvalue weighted by molar-refractivity contribution is 7.97. The normalized spacial score (nSPS) is 12.5. The Labute approximate surface area is 181 Å². The molecule has 0 unspecified atom stereocenters. The highest BCUT2D eigenvalue weighted by Gasteiger charge is 2.76. The van der Waals surface area contributed by atoms with Gasteiger partial charge in [0, 0.05) is 0 Å². The Morgan fingerprint density at radius 1 is 0.500 bits per heavy atom. The van der Waals surface area contributed by atoms with Crippen molar-refractivity contribution < 1.29 is 39.5 Å². The molecule has 0 N–H and O–H groups in total. The van der Waals surface area contributed by atoms with Gasteiger partial charge >= 0.3 is 24.4 Å². The second-order valence-corrected chi connectivity index (χ2v) is 8.27. The molecule has 32 heavy (non-hydrogen) atoms. The van der Waals surface area contributed by atoms with Crippen LogP contribution in [0.25, 0.3) is 0 Å². The third-order valence-electron chi connectivity index (χ3n) is 3.99. The minimum absolute atomic E-state index is 0.0146. The SMILES string of the molecule is FC(F)C(F)(F)C(F)(F)C(F)(F)F.c1ccc([S+](c2ccccc2)c2ccccc2)cc1. The van der Waals surface area contributed by atoms with Crippen LogP contribution in [-0.2, 0) is 10.9 Å². The molecular formula is C22H16F9S+. The van der Waals surface area contributed by atoms with Gasteiger partial charge in [0.15, 0.2) is 14.7 Å². The number of benzene rings is 3. The molecule has 0 fully saturated rings. The fraction of sp³-hybridized carbons (Fsp3) is 0.182. The number of rotatable bonds is 5. The van der Waals surface area contributed by atoms with Gasteiger partial charge in [-0.2, -0.15) is 30.7 Å². The molecule has 0 aromatic heterocycles. The Balaban J connectivity index is 0.000000247. The molecular weight excluding hydrogens is 467 g/mol. The molecule has 3 aromatic carbocycles. The summed E-state index contributed by atoms with van der Waals surface area (Å²) in [6.45, 7) is 0. The van der Waals surface area contributed by atoms with Gasteiger partial charge in [0.2, 0.25) is 0 Å². The lowest BCUT2D eigenvalue weighted by Gasteiger charge is -2.27. The molecule has 0 saturated heterocycles. The van der Waals surface area contributed by atoms with Gasteiger partial charge in [-0.3, -0.25) is 0 Å². The second kappa shape index (κ2) is 10.3. The van der Waals surface area contributed by atoms with Crippen molar-refractivity contribution in [1.29, 1.82) is 0 Å². The molecule has 0 bridgehead atoms. The van der Waals surface area contributed by atoms with Gasteiger partial charge in [-0.1, -0.05) is 54.6 Å². The zero-order chi connectivity index (χ0) is 24.0. The first-order valence-corrected chi connectivity index (χ1v) is 10.1. The Bertz CT molecular complexity index is 849. The topological polar surface area (TPSA) is 0 Å². The van der Waals surface area contributed by atoms with Crippen LogP contribution in [-0.4, -0.2) is 24.4 Å². The molecule has 0 nitrogen and oxygen atoms in total. The maximum absolute atomic E-state index is 11.6. The van der Waals surface area contributed by atoms with Gasteiger partial charge in [0.25, 0.3) is 0 Å². The molecule has 0 saturated carbocycles. The molecule has 3 aromatic rings. The first-order chi connectivity index (χ1) is 14.9. The second-order valence-electron chi connectivity index (χ2n) is 6.24. The Hall–Kier alpha value is -2.62. The molecule has 10 heteroatoms. The van der Waals surface area contributed by atoms with E-state index in [0.717, 1.165) is 0 Å². The summed E-state index contributed by atoms with van der Waals surface area (Å²) in [6.07, 6.45) is -11.8. The molecule has 0 heterocycles. The van der Waals surface area contributed by atoms with Crippen molar-refractivity contribution in [3.63, 3.8) is 0 Å². The highest BCUT2D eigenvalue weighted by Crippen LogP contribution is 2.48.